The molecular formula is C25H27ClN2O2. The van der Waals surface area contributed by atoms with Crippen molar-refractivity contribution in [1.82, 2.24) is 9.88 Å². The van der Waals surface area contributed by atoms with E-state index in [2.05, 4.69) is 22.5 Å². The molecule has 2 aliphatic rings. The summed E-state index contributed by atoms with van der Waals surface area (Å²) in [5.41, 5.74) is 4.97. The maximum absolute atomic E-state index is 10.5. The first-order valence-electron chi connectivity index (χ1n) is 10.6. The lowest BCUT2D eigenvalue weighted by Crippen LogP contribution is -2.45. The Labute approximate surface area is 182 Å². The monoisotopic (exact) mass is 422 g/mol. The molecule has 1 aliphatic heterocycles. The molecule has 1 saturated heterocycles. The fourth-order valence-corrected chi connectivity index (χ4v) is 5.66. The number of aliphatic hydroxyl groups is 1. The van der Waals surface area contributed by atoms with E-state index in [0.29, 0.717) is 11.8 Å². The molecule has 0 bridgehead atoms. The van der Waals surface area contributed by atoms with E-state index < -0.39 is 0 Å². The van der Waals surface area contributed by atoms with Crippen LogP contribution in [0, 0.1) is 11.8 Å². The number of piperidine rings is 1. The summed E-state index contributed by atoms with van der Waals surface area (Å²) in [4.78, 5) is 6.00. The molecule has 4 nitrogen and oxygen atoms in total. The molecule has 1 fully saturated rings. The maximum atomic E-state index is 10.5. The Bertz CT molecular complexity index is 1110. The van der Waals surface area contributed by atoms with Gasteiger partial charge in [0.25, 0.3) is 0 Å². The minimum Gasteiger partial charge on any atom is -0.511 e. The average Bonchev–Trinajstić information content (AvgIpc) is 3.08. The van der Waals surface area contributed by atoms with E-state index in [-0.39, 0.29) is 11.8 Å². The molecule has 156 valence electrons. The molecule has 3 aromatic rings. The van der Waals surface area contributed by atoms with Crippen LogP contribution in [0.2, 0.25) is 5.02 Å². The van der Waals surface area contributed by atoms with Gasteiger partial charge in [-0.15, -0.1) is 0 Å². The molecule has 3 atom stereocenters. The minimum absolute atomic E-state index is 0.194. The van der Waals surface area contributed by atoms with Crippen LogP contribution in [0.4, 0.5) is 0 Å². The van der Waals surface area contributed by atoms with E-state index >= 15 is 0 Å². The SMILES string of the molecule is C=C(O)C(c1cccc(OC)c1)N1CCC2Cc3[nH]c4cc(Cl)ccc4c3CC2C1. The quantitative estimate of drug-likeness (QED) is 0.532. The maximum Gasteiger partial charge on any atom is 0.119 e. The van der Waals surface area contributed by atoms with Gasteiger partial charge in [-0.25, -0.2) is 0 Å². The standard InChI is InChI=1S/C25H27ClN2O2/c1-15(29)25(17-4-3-5-20(10-17)30-2)28-9-8-16-12-23-22(11-18(16)14-28)21-7-6-19(26)13-24(21)27-23/h3-7,10,13,16,18,25,27,29H,1,8-9,11-12,14H2,2H3. The number of halogens is 1. The Balaban J connectivity index is 1.42. The lowest BCUT2D eigenvalue weighted by atomic mass is 9.73. The number of methoxy groups -OCH3 is 1. The highest BCUT2D eigenvalue weighted by atomic mass is 35.5. The molecule has 3 unspecified atom stereocenters. The van der Waals surface area contributed by atoms with Gasteiger partial charge in [-0.3, -0.25) is 4.90 Å². The van der Waals surface area contributed by atoms with Crippen molar-refractivity contribution in [2.75, 3.05) is 20.2 Å². The zero-order valence-electron chi connectivity index (χ0n) is 17.2. The predicted molar refractivity (Wildman–Crippen MR) is 121 cm³/mol. The van der Waals surface area contributed by atoms with Gasteiger partial charge >= 0.3 is 0 Å². The molecule has 5 rings (SSSR count). The Morgan fingerprint density at radius 3 is 2.90 bits per heavy atom. The highest BCUT2D eigenvalue weighted by molar-refractivity contribution is 6.31. The van der Waals surface area contributed by atoms with Crippen molar-refractivity contribution in [3.63, 3.8) is 0 Å². The van der Waals surface area contributed by atoms with Crippen LogP contribution in [0.1, 0.15) is 29.3 Å². The molecule has 1 aliphatic carbocycles. The molecule has 30 heavy (non-hydrogen) atoms. The number of aromatic amines is 1. The fraction of sp³-hybridized carbons (Fsp3) is 0.360. The summed E-state index contributed by atoms with van der Waals surface area (Å²) >= 11 is 6.20. The summed E-state index contributed by atoms with van der Waals surface area (Å²) in [7, 11) is 1.67. The molecule has 0 amide bonds. The zero-order chi connectivity index (χ0) is 20.8. The summed E-state index contributed by atoms with van der Waals surface area (Å²) in [6, 6.07) is 13.9. The van der Waals surface area contributed by atoms with Crippen LogP contribution in [0.5, 0.6) is 5.75 Å². The van der Waals surface area contributed by atoms with Crippen molar-refractivity contribution < 1.29 is 9.84 Å². The molecule has 0 radical (unpaired) electrons. The molecule has 2 N–H and O–H groups in total. The van der Waals surface area contributed by atoms with Crippen LogP contribution in [0.3, 0.4) is 0 Å². The van der Waals surface area contributed by atoms with Gasteiger partial charge in [0.1, 0.15) is 11.5 Å². The topological polar surface area (TPSA) is 48.5 Å². The third-order valence-electron chi connectivity index (χ3n) is 6.90. The third kappa shape index (κ3) is 3.38. The smallest absolute Gasteiger partial charge is 0.119 e. The molecule has 1 aromatic heterocycles. The normalized spacial score (nSPS) is 22.3. The first-order chi connectivity index (χ1) is 14.5. The number of rotatable bonds is 4. The number of nitrogens with zero attached hydrogens (tertiary/aromatic N) is 1. The molecule has 0 saturated carbocycles. The Morgan fingerprint density at radius 1 is 1.23 bits per heavy atom. The lowest BCUT2D eigenvalue weighted by molar-refractivity contribution is 0.0716. The summed E-state index contributed by atoms with van der Waals surface area (Å²) in [5.74, 6) is 2.22. The number of fused-ring (bicyclic) bond motifs is 4. The Morgan fingerprint density at radius 2 is 2.10 bits per heavy atom. The minimum atomic E-state index is -0.204. The lowest BCUT2D eigenvalue weighted by Gasteiger charge is -2.44. The molecular weight excluding hydrogens is 396 g/mol. The van der Waals surface area contributed by atoms with Crippen LogP contribution in [-0.2, 0) is 12.8 Å². The van der Waals surface area contributed by atoms with E-state index in [4.69, 9.17) is 16.3 Å². The number of aromatic nitrogens is 1. The van der Waals surface area contributed by atoms with Gasteiger partial charge < -0.3 is 14.8 Å². The van der Waals surface area contributed by atoms with Crippen molar-refractivity contribution in [3.05, 3.63) is 76.6 Å². The number of ether oxygens (including phenoxy) is 1. The molecule has 5 heteroatoms. The zero-order valence-corrected chi connectivity index (χ0v) is 18.0. The molecule has 2 heterocycles. The second kappa shape index (κ2) is 7.68. The van der Waals surface area contributed by atoms with E-state index in [1.165, 1.54) is 16.6 Å². The molecule has 0 spiro atoms. The Kier molecular flexibility index (Phi) is 5.00. The number of hydrogen-bond donors (Lipinski definition) is 2. The number of likely N-dealkylation sites (tertiary alicyclic amines) is 1. The van der Waals surface area contributed by atoms with Crippen molar-refractivity contribution in [1.29, 1.82) is 0 Å². The first-order valence-corrected chi connectivity index (χ1v) is 11.0. The van der Waals surface area contributed by atoms with Crippen molar-refractivity contribution >= 4 is 22.5 Å². The van der Waals surface area contributed by atoms with Gasteiger partial charge in [0, 0.05) is 28.2 Å². The second-order valence-corrected chi connectivity index (χ2v) is 9.09. The largest absolute Gasteiger partial charge is 0.511 e. The highest BCUT2D eigenvalue weighted by Gasteiger charge is 2.38. The van der Waals surface area contributed by atoms with Crippen LogP contribution in [0.15, 0.2) is 54.8 Å². The summed E-state index contributed by atoms with van der Waals surface area (Å²) < 4.78 is 5.39. The number of nitrogens with one attached hydrogen (secondary N) is 1. The Hall–Kier alpha value is -2.43. The van der Waals surface area contributed by atoms with Crippen LogP contribution in [0.25, 0.3) is 10.9 Å². The van der Waals surface area contributed by atoms with Gasteiger partial charge in [0.15, 0.2) is 0 Å². The van der Waals surface area contributed by atoms with Gasteiger partial charge in [0.2, 0.25) is 0 Å². The van der Waals surface area contributed by atoms with E-state index in [1.54, 1.807) is 7.11 Å². The van der Waals surface area contributed by atoms with Gasteiger partial charge in [-0.2, -0.15) is 0 Å². The van der Waals surface area contributed by atoms with Gasteiger partial charge in [-0.1, -0.05) is 36.4 Å². The van der Waals surface area contributed by atoms with Gasteiger partial charge in [0.05, 0.1) is 13.2 Å². The van der Waals surface area contributed by atoms with E-state index in [1.807, 2.05) is 36.4 Å². The van der Waals surface area contributed by atoms with Crippen LogP contribution in [-0.4, -0.2) is 35.2 Å². The second-order valence-electron chi connectivity index (χ2n) is 8.65. The molecule has 2 aromatic carbocycles. The summed E-state index contributed by atoms with van der Waals surface area (Å²) in [5, 5.41) is 12.5. The third-order valence-corrected chi connectivity index (χ3v) is 7.14. The van der Waals surface area contributed by atoms with Crippen molar-refractivity contribution in [3.8, 4) is 5.75 Å². The summed E-state index contributed by atoms with van der Waals surface area (Å²) in [6.45, 7) is 5.80. The number of benzene rings is 2. The highest BCUT2D eigenvalue weighted by Crippen LogP contribution is 2.42. The van der Waals surface area contributed by atoms with Gasteiger partial charge in [-0.05, 0) is 73.0 Å². The number of hydrogen-bond acceptors (Lipinski definition) is 3. The van der Waals surface area contributed by atoms with Crippen molar-refractivity contribution in [2.24, 2.45) is 11.8 Å². The predicted octanol–water partition coefficient (Wildman–Crippen LogP) is 5.68. The van der Waals surface area contributed by atoms with Crippen LogP contribution >= 0.6 is 11.6 Å². The fourth-order valence-electron chi connectivity index (χ4n) is 5.48. The average molecular weight is 423 g/mol. The van der Waals surface area contributed by atoms with Crippen molar-refractivity contribution in [2.45, 2.75) is 25.3 Å². The number of aliphatic hydroxyl groups excluding tert-OH is 1. The van der Waals surface area contributed by atoms with Crippen LogP contribution < -0.4 is 4.74 Å². The van der Waals surface area contributed by atoms with E-state index in [0.717, 1.165) is 54.2 Å². The number of H-pyrrole nitrogens is 1. The summed E-state index contributed by atoms with van der Waals surface area (Å²) in [6.07, 6.45) is 3.26. The van der Waals surface area contributed by atoms with E-state index in [9.17, 15) is 5.11 Å². The first kappa shape index (κ1) is 19.5.